The second-order valence-corrected chi connectivity index (χ2v) is 5.95. The van der Waals surface area contributed by atoms with Crippen molar-refractivity contribution in [2.75, 3.05) is 0 Å². The van der Waals surface area contributed by atoms with Crippen LogP contribution in [0, 0.1) is 11.8 Å². The van der Waals surface area contributed by atoms with E-state index < -0.39 is 0 Å². The van der Waals surface area contributed by atoms with Gasteiger partial charge in [0.05, 0.1) is 0 Å². The van der Waals surface area contributed by atoms with Gasteiger partial charge in [-0.1, -0.05) is 38.1 Å². The van der Waals surface area contributed by atoms with E-state index in [-0.39, 0.29) is 0 Å². The number of rotatable bonds is 1. The van der Waals surface area contributed by atoms with Gasteiger partial charge < -0.3 is 10.2 Å². The molecule has 0 saturated heterocycles. The zero-order chi connectivity index (χ0) is 13.6. The summed E-state index contributed by atoms with van der Waals surface area (Å²) >= 11 is 0. The summed E-state index contributed by atoms with van der Waals surface area (Å²) in [5.74, 6) is 1.94. The van der Waals surface area contributed by atoms with Crippen LogP contribution in [0.15, 0.2) is 24.3 Å². The maximum atomic E-state index is 10.5. The molecule has 0 bridgehead atoms. The molecule has 2 N–H and O–H groups in total. The molecule has 0 aliphatic heterocycles. The fourth-order valence-corrected chi connectivity index (χ4v) is 3.26. The number of hydrogen-bond acceptors (Lipinski definition) is 2. The van der Waals surface area contributed by atoms with Crippen molar-refractivity contribution in [1.29, 1.82) is 0 Å². The quantitative estimate of drug-likeness (QED) is 0.757. The van der Waals surface area contributed by atoms with Crippen LogP contribution in [-0.4, -0.2) is 10.2 Å². The minimum Gasteiger partial charge on any atom is -0.507 e. The van der Waals surface area contributed by atoms with Gasteiger partial charge in [0, 0.05) is 21.9 Å². The zero-order valence-electron chi connectivity index (χ0n) is 11.5. The number of phenols is 2. The first-order valence-electron chi connectivity index (χ1n) is 7.04. The van der Waals surface area contributed by atoms with Gasteiger partial charge in [0.15, 0.2) is 0 Å². The Labute approximate surface area is 113 Å². The molecule has 19 heavy (non-hydrogen) atoms. The third-order valence-electron chi connectivity index (χ3n) is 4.55. The summed E-state index contributed by atoms with van der Waals surface area (Å²) < 4.78 is 0. The van der Waals surface area contributed by atoms with Crippen LogP contribution in [0.2, 0.25) is 0 Å². The van der Waals surface area contributed by atoms with E-state index in [0.29, 0.717) is 23.3 Å². The van der Waals surface area contributed by atoms with E-state index in [1.807, 2.05) is 24.3 Å². The minimum absolute atomic E-state index is 0.366. The fraction of sp³-hybridized carbons (Fsp3) is 0.412. The summed E-state index contributed by atoms with van der Waals surface area (Å²) in [6.45, 7) is 4.46. The van der Waals surface area contributed by atoms with Crippen molar-refractivity contribution >= 4 is 10.8 Å². The molecule has 0 radical (unpaired) electrons. The van der Waals surface area contributed by atoms with Gasteiger partial charge in [-0.25, -0.2) is 0 Å². The highest BCUT2D eigenvalue weighted by Crippen LogP contribution is 2.44. The summed E-state index contributed by atoms with van der Waals surface area (Å²) in [6, 6.07) is 7.55. The van der Waals surface area contributed by atoms with Crippen LogP contribution in [-0.2, 0) is 12.8 Å². The number of fused-ring (bicyclic) bond motifs is 2. The highest BCUT2D eigenvalue weighted by Gasteiger charge is 2.27. The molecule has 100 valence electrons. The Kier molecular flexibility index (Phi) is 2.89. The van der Waals surface area contributed by atoms with Crippen LogP contribution in [0.1, 0.15) is 31.4 Å². The predicted octanol–water partition coefficient (Wildman–Crippen LogP) is 4.01. The molecule has 0 heterocycles. The molecule has 0 saturated carbocycles. The Bertz CT molecular complexity index is 629. The van der Waals surface area contributed by atoms with E-state index in [1.54, 1.807) is 0 Å². The zero-order valence-corrected chi connectivity index (χ0v) is 11.5. The number of aromatic hydroxyl groups is 2. The second kappa shape index (κ2) is 4.44. The molecule has 1 aliphatic rings. The monoisotopic (exact) mass is 256 g/mol. The third-order valence-corrected chi connectivity index (χ3v) is 4.55. The Morgan fingerprint density at radius 1 is 1.00 bits per heavy atom. The Morgan fingerprint density at radius 3 is 2.16 bits per heavy atom. The average molecular weight is 256 g/mol. The van der Waals surface area contributed by atoms with Crippen molar-refractivity contribution in [3.8, 4) is 11.5 Å². The van der Waals surface area contributed by atoms with Crippen molar-refractivity contribution in [3.05, 3.63) is 35.4 Å². The molecule has 0 spiro atoms. The number of phenolic OH excluding ortho intramolecular Hbond substituents is 2. The number of benzene rings is 2. The van der Waals surface area contributed by atoms with Crippen LogP contribution in [0.5, 0.6) is 11.5 Å². The van der Waals surface area contributed by atoms with Crippen molar-refractivity contribution in [1.82, 2.24) is 0 Å². The van der Waals surface area contributed by atoms with Crippen LogP contribution in [0.25, 0.3) is 10.8 Å². The summed E-state index contributed by atoms with van der Waals surface area (Å²) in [6.07, 6.45) is 2.83. The van der Waals surface area contributed by atoms with Gasteiger partial charge >= 0.3 is 0 Å². The minimum atomic E-state index is 0.366. The lowest BCUT2D eigenvalue weighted by Gasteiger charge is -2.29. The summed E-state index contributed by atoms with van der Waals surface area (Å²) in [4.78, 5) is 0. The van der Waals surface area contributed by atoms with Gasteiger partial charge in [-0.2, -0.15) is 0 Å². The molecule has 2 aromatic carbocycles. The van der Waals surface area contributed by atoms with E-state index in [9.17, 15) is 10.2 Å². The predicted molar refractivity (Wildman–Crippen MR) is 77.6 cm³/mol. The maximum Gasteiger partial charge on any atom is 0.127 e. The third kappa shape index (κ3) is 1.86. The van der Waals surface area contributed by atoms with Gasteiger partial charge in [0.2, 0.25) is 0 Å². The molecule has 2 nitrogen and oxygen atoms in total. The smallest absolute Gasteiger partial charge is 0.127 e. The molecule has 0 amide bonds. The second-order valence-electron chi connectivity index (χ2n) is 5.95. The van der Waals surface area contributed by atoms with E-state index in [1.165, 1.54) is 0 Å². The van der Waals surface area contributed by atoms with E-state index in [2.05, 4.69) is 13.8 Å². The average Bonchev–Trinajstić information content (AvgIpc) is 2.44. The molecule has 1 unspecified atom stereocenters. The van der Waals surface area contributed by atoms with Gasteiger partial charge in [-0.3, -0.25) is 0 Å². The van der Waals surface area contributed by atoms with Crippen molar-refractivity contribution in [2.24, 2.45) is 11.8 Å². The van der Waals surface area contributed by atoms with Crippen molar-refractivity contribution < 1.29 is 10.2 Å². The lowest BCUT2D eigenvalue weighted by atomic mass is 9.77. The highest BCUT2D eigenvalue weighted by atomic mass is 16.3. The van der Waals surface area contributed by atoms with Gasteiger partial charge in [-0.15, -0.1) is 0 Å². The van der Waals surface area contributed by atoms with Gasteiger partial charge in [0.1, 0.15) is 11.5 Å². The maximum absolute atomic E-state index is 10.5. The summed E-state index contributed by atoms with van der Waals surface area (Å²) in [5.41, 5.74) is 1.91. The first-order chi connectivity index (χ1) is 9.09. The Morgan fingerprint density at radius 2 is 1.58 bits per heavy atom. The molecule has 0 aromatic heterocycles. The Hall–Kier alpha value is -1.70. The summed E-state index contributed by atoms with van der Waals surface area (Å²) in [5, 5.41) is 22.5. The van der Waals surface area contributed by atoms with Crippen LogP contribution in [0.4, 0.5) is 0 Å². The topological polar surface area (TPSA) is 40.5 Å². The fourth-order valence-electron chi connectivity index (χ4n) is 3.26. The first kappa shape index (κ1) is 12.3. The van der Waals surface area contributed by atoms with Gasteiger partial charge in [-0.05, 0) is 31.1 Å². The van der Waals surface area contributed by atoms with Crippen LogP contribution >= 0.6 is 0 Å². The number of hydrogen-bond donors (Lipinski definition) is 2. The molecule has 1 atom stereocenters. The van der Waals surface area contributed by atoms with Crippen molar-refractivity contribution in [3.63, 3.8) is 0 Å². The van der Waals surface area contributed by atoms with E-state index in [4.69, 9.17) is 0 Å². The SMILES string of the molecule is CC(C)C1CCc2c(c(O)c3ccccc3c2O)C1. The molecular formula is C17H20O2. The largest absolute Gasteiger partial charge is 0.507 e. The molecule has 1 aliphatic carbocycles. The molecule has 2 heteroatoms. The summed E-state index contributed by atoms with van der Waals surface area (Å²) in [7, 11) is 0. The lowest BCUT2D eigenvalue weighted by molar-refractivity contribution is 0.331. The van der Waals surface area contributed by atoms with E-state index in [0.717, 1.165) is 41.2 Å². The van der Waals surface area contributed by atoms with Crippen molar-refractivity contribution in [2.45, 2.75) is 33.1 Å². The Balaban J connectivity index is 2.22. The molecule has 3 rings (SSSR count). The standard InChI is InChI=1S/C17H20O2/c1-10(2)11-7-8-14-15(9-11)17(19)13-6-4-3-5-12(13)16(14)18/h3-6,10-11,18-19H,7-9H2,1-2H3. The molecule has 2 aromatic rings. The molecule has 0 fully saturated rings. The molecular weight excluding hydrogens is 236 g/mol. The van der Waals surface area contributed by atoms with E-state index >= 15 is 0 Å². The normalized spacial score (nSPS) is 18.8. The van der Waals surface area contributed by atoms with Crippen LogP contribution < -0.4 is 0 Å². The lowest BCUT2D eigenvalue weighted by Crippen LogP contribution is -2.19. The van der Waals surface area contributed by atoms with Gasteiger partial charge in [0.25, 0.3) is 0 Å². The highest BCUT2D eigenvalue weighted by molar-refractivity contribution is 5.95. The first-order valence-corrected chi connectivity index (χ1v) is 7.04. The van der Waals surface area contributed by atoms with Crippen LogP contribution in [0.3, 0.4) is 0 Å².